The van der Waals surface area contributed by atoms with Crippen LogP contribution in [0.5, 0.6) is 5.75 Å². The van der Waals surface area contributed by atoms with Crippen molar-refractivity contribution in [3.63, 3.8) is 0 Å². The van der Waals surface area contributed by atoms with Crippen molar-refractivity contribution < 1.29 is 4.74 Å². The highest BCUT2D eigenvalue weighted by molar-refractivity contribution is 7.78. The summed E-state index contributed by atoms with van der Waals surface area (Å²) < 4.78 is 5.66. The Morgan fingerprint density at radius 3 is 3.00 bits per heavy atom. The van der Waals surface area contributed by atoms with Crippen LogP contribution in [0.2, 0.25) is 0 Å². The van der Waals surface area contributed by atoms with E-state index < -0.39 is 0 Å². The van der Waals surface area contributed by atoms with Crippen LogP contribution in [0.4, 0.5) is 11.4 Å². The lowest BCUT2D eigenvalue weighted by molar-refractivity contribution is 0.372. The normalized spacial score (nSPS) is 12.7. The van der Waals surface area contributed by atoms with E-state index in [0.717, 1.165) is 22.8 Å². The summed E-state index contributed by atoms with van der Waals surface area (Å²) in [7, 11) is 0. The number of thiocarbonyl (C=S) groups is 1. The summed E-state index contributed by atoms with van der Waals surface area (Å²) in [5, 5.41) is 2.34. The van der Waals surface area contributed by atoms with E-state index in [9.17, 15) is 0 Å². The Morgan fingerprint density at radius 2 is 2.21 bits per heavy atom. The molecule has 1 aromatic heterocycles. The second-order valence-electron chi connectivity index (χ2n) is 3.92. The predicted octanol–water partition coefficient (Wildman–Crippen LogP) is 3.33. The van der Waals surface area contributed by atoms with Crippen LogP contribution in [-0.2, 0) is 0 Å². The van der Waals surface area contributed by atoms with Crippen molar-refractivity contribution >= 4 is 34.5 Å². The molecule has 1 aromatic carbocycles. The molecule has 0 fully saturated rings. The maximum absolute atomic E-state index is 5.66. The number of fused-ring (bicyclic) bond motifs is 1. The molecule has 0 unspecified atom stereocenters. The van der Waals surface area contributed by atoms with Gasteiger partial charge in [-0.2, -0.15) is 4.99 Å². The zero-order valence-corrected chi connectivity index (χ0v) is 10.7. The van der Waals surface area contributed by atoms with Crippen LogP contribution in [0.15, 0.2) is 52.6 Å². The van der Waals surface area contributed by atoms with Gasteiger partial charge >= 0.3 is 0 Å². The molecule has 0 saturated heterocycles. The van der Waals surface area contributed by atoms with Crippen molar-refractivity contribution in [3.8, 4) is 5.75 Å². The Balaban J connectivity index is 2.04. The van der Waals surface area contributed by atoms with Gasteiger partial charge in [0.1, 0.15) is 23.8 Å². The highest BCUT2D eigenvalue weighted by atomic mass is 32.1. The molecule has 2 aromatic rings. The molecule has 3 rings (SSSR count). The highest BCUT2D eigenvalue weighted by Gasteiger charge is 2.15. The smallest absolute Gasteiger partial charge is 0.145 e. The highest BCUT2D eigenvalue weighted by Crippen LogP contribution is 2.34. The van der Waals surface area contributed by atoms with Gasteiger partial charge in [-0.15, -0.1) is 0 Å². The van der Waals surface area contributed by atoms with E-state index in [1.165, 1.54) is 0 Å². The molecule has 5 heteroatoms. The number of ether oxygens (including phenoxy) is 1. The molecule has 0 bridgehead atoms. The summed E-state index contributed by atoms with van der Waals surface area (Å²) in [6.07, 6.45) is 1.74. The minimum Gasteiger partial charge on any atom is -0.485 e. The fraction of sp³-hybridized carbons (Fsp3) is 0.0714. The van der Waals surface area contributed by atoms with E-state index in [-0.39, 0.29) is 0 Å². The van der Waals surface area contributed by atoms with Crippen molar-refractivity contribution in [2.24, 2.45) is 9.98 Å². The van der Waals surface area contributed by atoms with Gasteiger partial charge in [0.25, 0.3) is 0 Å². The van der Waals surface area contributed by atoms with Gasteiger partial charge in [0, 0.05) is 6.20 Å². The van der Waals surface area contributed by atoms with Crippen molar-refractivity contribution in [2.45, 2.75) is 0 Å². The van der Waals surface area contributed by atoms with Gasteiger partial charge in [-0.1, -0.05) is 6.07 Å². The fourth-order valence-electron chi connectivity index (χ4n) is 1.83. The van der Waals surface area contributed by atoms with E-state index in [1.54, 1.807) is 6.20 Å². The third-order valence-electron chi connectivity index (χ3n) is 2.70. The van der Waals surface area contributed by atoms with Gasteiger partial charge in [-0.25, -0.2) is 4.99 Å². The number of nitrogens with zero attached hydrogens (tertiary/aromatic N) is 3. The number of pyridine rings is 1. The molecule has 0 saturated carbocycles. The second-order valence-corrected chi connectivity index (χ2v) is 4.10. The third kappa shape index (κ3) is 2.42. The van der Waals surface area contributed by atoms with E-state index in [2.05, 4.69) is 32.3 Å². The summed E-state index contributed by atoms with van der Waals surface area (Å²) >= 11 is 4.59. The number of isothiocyanates is 1. The van der Waals surface area contributed by atoms with Crippen LogP contribution in [-0.4, -0.2) is 22.5 Å². The number of rotatable bonds is 2. The molecule has 2 heterocycles. The third-order valence-corrected chi connectivity index (χ3v) is 2.79. The Hall–Kier alpha value is -2.36. The Morgan fingerprint density at radius 1 is 1.26 bits per heavy atom. The molecule has 1 aliphatic heterocycles. The molecule has 0 radical (unpaired) electrons. The van der Waals surface area contributed by atoms with Gasteiger partial charge < -0.3 is 4.74 Å². The summed E-state index contributed by atoms with van der Waals surface area (Å²) in [6, 6.07) is 11.2. The molecule has 0 amide bonds. The maximum atomic E-state index is 5.66. The lowest BCUT2D eigenvalue weighted by Gasteiger charge is -2.16. The zero-order chi connectivity index (χ0) is 13.1. The van der Waals surface area contributed by atoms with Crippen LogP contribution in [0.1, 0.15) is 5.69 Å². The Kier molecular flexibility index (Phi) is 3.14. The van der Waals surface area contributed by atoms with Crippen LogP contribution in [0.25, 0.3) is 0 Å². The quantitative estimate of drug-likeness (QED) is 0.619. The van der Waals surface area contributed by atoms with Gasteiger partial charge in [-0.3, -0.25) is 4.98 Å². The van der Waals surface area contributed by atoms with Crippen LogP contribution in [0, 0.1) is 0 Å². The first-order chi connectivity index (χ1) is 9.36. The van der Waals surface area contributed by atoms with E-state index >= 15 is 0 Å². The Labute approximate surface area is 115 Å². The average Bonchev–Trinajstić information content (AvgIpc) is 2.48. The van der Waals surface area contributed by atoms with Gasteiger partial charge in [0.15, 0.2) is 0 Å². The van der Waals surface area contributed by atoms with Gasteiger partial charge in [0.2, 0.25) is 0 Å². The molecular weight excluding hydrogens is 258 g/mol. The number of aliphatic imine (C=N–C) groups is 2. The minimum absolute atomic E-state index is 0.416. The lowest BCUT2D eigenvalue weighted by atomic mass is 10.2. The summed E-state index contributed by atoms with van der Waals surface area (Å²) in [5.74, 6) is 0.739. The molecular formula is C14H9N3OS. The van der Waals surface area contributed by atoms with Crippen LogP contribution in [0.3, 0.4) is 0 Å². The lowest BCUT2D eigenvalue weighted by Crippen LogP contribution is -2.17. The SMILES string of the molecule is S=C=Nc1ccc2c(c1)N=C(c1ccccn1)CO2. The van der Waals surface area contributed by atoms with Crippen molar-refractivity contribution in [2.75, 3.05) is 6.61 Å². The van der Waals surface area contributed by atoms with Crippen LogP contribution >= 0.6 is 12.2 Å². The van der Waals surface area contributed by atoms with Gasteiger partial charge in [-0.05, 0) is 42.5 Å². The van der Waals surface area contributed by atoms with Crippen molar-refractivity contribution in [3.05, 3.63) is 48.3 Å². The largest absolute Gasteiger partial charge is 0.485 e. The number of hydrogen-bond donors (Lipinski definition) is 0. The van der Waals surface area contributed by atoms with Gasteiger partial charge in [0.05, 0.1) is 16.5 Å². The van der Waals surface area contributed by atoms with E-state index in [1.807, 2.05) is 36.4 Å². The van der Waals surface area contributed by atoms with Crippen molar-refractivity contribution in [1.29, 1.82) is 0 Å². The summed E-state index contributed by atoms with van der Waals surface area (Å²) in [4.78, 5) is 12.8. The fourth-order valence-corrected chi connectivity index (χ4v) is 1.93. The first-order valence-electron chi connectivity index (χ1n) is 5.70. The van der Waals surface area contributed by atoms with Crippen molar-refractivity contribution in [1.82, 2.24) is 4.98 Å². The summed E-state index contributed by atoms with van der Waals surface area (Å²) in [6.45, 7) is 0.416. The molecule has 0 N–H and O–H groups in total. The molecule has 92 valence electrons. The molecule has 1 aliphatic rings. The molecule has 0 aliphatic carbocycles. The minimum atomic E-state index is 0.416. The molecule has 0 spiro atoms. The molecule has 19 heavy (non-hydrogen) atoms. The maximum Gasteiger partial charge on any atom is 0.145 e. The second kappa shape index (κ2) is 5.10. The molecule has 0 atom stereocenters. The number of hydrogen-bond acceptors (Lipinski definition) is 5. The monoisotopic (exact) mass is 267 g/mol. The average molecular weight is 267 g/mol. The van der Waals surface area contributed by atoms with Crippen LogP contribution < -0.4 is 4.74 Å². The first kappa shape index (κ1) is 11.7. The van der Waals surface area contributed by atoms with E-state index in [4.69, 9.17) is 4.74 Å². The summed E-state index contributed by atoms with van der Waals surface area (Å²) in [5.41, 5.74) is 3.07. The Bertz CT molecular complexity index is 691. The molecule has 4 nitrogen and oxygen atoms in total. The first-order valence-corrected chi connectivity index (χ1v) is 6.11. The standard InChI is InChI=1S/C14H9N3OS/c19-9-16-10-4-5-14-12(7-10)17-13(8-18-14)11-3-1-2-6-15-11/h1-7H,8H2. The predicted molar refractivity (Wildman–Crippen MR) is 77.1 cm³/mol. The number of aromatic nitrogens is 1. The topological polar surface area (TPSA) is 46.8 Å². The zero-order valence-electron chi connectivity index (χ0n) is 9.91. The number of benzene rings is 1. The van der Waals surface area contributed by atoms with E-state index in [0.29, 0.717) is 12.3 Å².